The van der Waals surface area contributed by atoms with E-state index in [1.807, 2.05) is 6.92 Å². The summed E-state index contributed by atoms with van der Waals surface area (Å²) in [4.78, 5) is 16.6. The number of hydrogen-bond donors (Lipinski definition) is 3. The van der Waals surface area contributed by atoms with Crippen LogP contribution in [0.4, 0.5) is 10.9 Å². The number of anilines is 2. The van der Waals surface area contributed by atoms with E-state index < -0.39 is 0 Å². The smallest absolute Gasteiger partial charge is 0.265 e. The number of aromatic nitrogens is 1. The lowest BCUT2D eigenvalue weighted by Crippen LogP contribution is -2.28. The highest BCUT2D eigenvalue weighted by atomic mass is 32.1. The molecule has 0 radical (unpaired) electrons. The maximum Gasteiger partial charge on any atom is 0.265 e. The third-order valence-electron chi connectivity index (χ3n) is 3.01. The molecule has 1 aliphatic rings. The highest BCUT2D eigenvalue weighted by Crippen LogP contribution is 2.44. The van der Waals surface area contributed by atoms with Crippen LogP contribution < -0.4 is 16.4 Å². The fraction of sp³-hybridized carbons (Fsp3) is 0.636. The Morgan fingerprint density at radius 3 is 2.82 bits per heavy atom. The van der Waals surface area contributed by atoms with Crippen LogP contribution in [0.2, 0.25) is 0 Å². The Kier molecular flexibility index (Phi) is 2.99. The van der Waals surface area contributed by atoms with E-state index in [1.165, 1.54) is 11.3 Å². The standard InChI is InChI=1S/C11H18N4OS/c1-4-13-10-15-8(12)7(17-10)9(16)14-6-5-11(6,2)3/h6H,4-5,12H2,1-3H3,(H,13,15)(H,14,16). The summed E-state index contributed by atoms with van der Waals surface area (Å²) < 4.78 is 0. The maximum atomic E-state index is 12.0. The zero-order valence-electron chi connectivity index (χ0n) is 10.3. The lowest BCUT2D eigenvalue weighted by molar-refractivity contribution is 0.0951. The minimum absolute atomic E-state index is 0.111. The molecule has 2 rings (SSSR count). The number of nitrogens with zero attached hydrogens (tertiary/aromatic N) is 1. The second kappa shape index (κ2) is 4.18. The van der Waals surface area contributed by atoms with Crippen LogP contribution in [0.5, 0.6) is 0 Å². The summed E-state index contributed by atoms with van der Waals surface area (Å²) in [5.41, 5.74) is 5.96. The number of rotatable bonds is 4. The Balaban J connectivity index is 2.04. The van der Waals surface area contributed by atoms with Gasteiger partial charge in [-0.3, -0.25) is 4.79 Å². The van der Waals surface area contributed by atoms with Crippen LogP contribution in [-0.2, 0) is 0 Å². The van der Waals surface area contributed by atoms with E-state index >= 15 is 0 Å². The SMILES string of the molecule is CCNc1nc(N)c(C(=O)NC2CC2(C)C)s1. The highest BCUT2D eigenvalue weighted by Gasteiger charge is 2.46. The van der Waals surface area contributed by atoms with Gasteiger partial charge < -0.3 is 16.4 Å². The van der Waals surface area contributed by atoms with Gasteiger partial charge in [-0.1, -0.05) is 25.2 Å². The van der Waals surface area contributed by atoms with Gasteiger partial charge in [0.1, 0.15) is 10.7 Å². The molecule has 1 aromatic heterocycles. The fourth-order valence-corrected chi connectivity index (χ4v) is 2.51. The average molecular weight is 254 g/mol. The maximum absolute atomic E-state index is 12.0. The third-order valence-corrected chi connectivity index (χ3v) is 4.03. The molecule has 0 saturated heterocycles. The van der Waals surface area contributed by atoms with E-state index in [2.05, 4.69) is 29.5 Å². The van der Waals surface area contributed by atoms with Crippen LogP contribution in [0, 0.1) is 5.41 Å². The van der Waals surface area contributed by atoms with Crippen molar-refractivity contribution in [2.45, 2.75) is 33.2 Å². The van der Waals surface area contributed by atoms with E-state index in [9.17, 15) is 4.79 Å². The topological polar surface area (TPSA) is 80.0 Å². The molecule has 0 aliphatic heterocycles. The second-order valence-electron chi connectivity index (χ2n) is 4.98. The first-order valence-corrected chi connectivity index (χ1v) is 6.56. The Labute approximate surface area is 105 Å². The number of amides is 1. The predicted octanol–water partition coefficient (Wildman–Crippen LogP) is 1.69. The Hall–Kier alpha value is -1.30. The van der Waals surface area contributed by atoms with Crippen LogP contribution in [0.15, 0.2) is 0 Å². The summed E-state index contributed by atoms with van der Waals surface area (Å²) in [6.07, 6.45) is 1.03. The summed E-state index contributed by atoms with van der Waals surface area (Å²) in [7, 11) is 0. The molecule has 6 heteroatoms. The molecule has 0 aromatic carbocycles. The molecule has 1 heterocycles. The van der Waals surface area contributed by atoms with E-state index in [1.54, 1.807) is 0 Å². The molecular formula is C11H18N4OS. The molecule has 5 nitrogen and oxygen atoms in total. The number of nitrogens with two attached hydrogens (primary N) is 1. The van der Waals surface area contributed by atoms with Crippen molar-refractivity contribution in [3.63, 3.8) is 0 Å². The van der Waals surface area contributed by atoms with Crippen molar-refractivity contribution in [2.24, 2.45) is 5.41 Å². The van der Waals surface area contributed by atoms with Crippen LogP contribution in [-0.4, -0.2) is 23.5 Å². The number of nitrogens with one attached hydrogen (secondary N) is 2. The molecule has 1 atom stereocenters. The van der Waals surface area contributed by atoms with Gasteiger partial charge in [0.15, 0.2) is 5.13 Å². The summed E-state index contributed by atoms with van der Waals surface area (Å²) in [5.74, 6) is 0.196. The second-order valence-corrected chi connectivity index (χ2v) is 5.98. The minimum atomic E-state index is -0.111. The van der Waals surface area contributed by atoms with Gasteiger partial charge in [-0.2, -0.15) is 0 Å². The van der Waals surface area contributed by atoms with Gasteiger partial charge >= 0.3 is 0 Å². The number of carbonyl (C=O) groups excluding carboxylic acids is 1. The zero-order chi connectivity index (χ0) is 12.6. The van der Waals surface area contributed by atoms with Crippen molar-refractivity contribution in [1.29, 1.82) is 0 Å². The van der Waals surface area contributed by atoms with Crippen LogP contribution >= 0.6 is 11.3 Å². The van der Waals surface area contributed by atoms with Crippen molar-refractivity contribution in [3.8, 4) is 0 Å². The Morgan fingerprint density at radius 1 is 1.65 bits per heavy atom. The quantitative estimate of drug-likeness (QED) is 0.764. The first kappa shape index (κ1) is 12.2. The monoisotopic (exact) mass is 254 g/mol. The van der Waals surface area contributed by atoms with Crippen molar-refractivity contribution in [1.82, 2.24) is 10.3 Å². The van der Waals surface area contributed by atoms with Gasteiger partial charge in [-0.25, -0.2) is 4.98 Å². The number of hydrogen-bond acceptors (Lipinski definition) is 5. The molecule has 1 saturated carbocycles. The van der Waals surface area contributed by atoms with Gasteiger partial charge in [-0.05, 0) is 18.8 Å². The van der Waals surface area contributed by atoms with Gasteiger partial charge in [0, 0.05) is 12.6 Å². The highest BCUT2D eigenvalue weighted by molar-refractivity contribution is 7.18. The lowest BCUT2D eigenvalue weighted by Gasteiger charge is -2.05. The molecular weight excluding hydrogens is 236 g/mol. The summed E-state index contributed by atoms with van der Waals surface area (Å²) >= 11 is 1.30. The zero-order valence-corrected chi connectivity index (χ0v) is 11.1. The number of carbonyl (C=O) groups is 1. The normalized spacial score (nSPS) is 21.0. The predicted molar refractivity (Wildman–Crippen MR) is 70.3 cm³/mol. The molecule has 0 bridgehead atoms. The number of nitrogen functional groups attached to an aromatic ring is 1. The van der Waals surface area contributed by atoms with E-state index in [0.717, 1.165) is 13.0 Å². The Bertz CT molecular complexity index is 441. The summed E-state index contributed by atoms with van der Waals surface area (Å²) in [6.45, 7) is 7.02. The van der Waals surface area contributed by atoms with Gasteiger partial charge in [0.2, 0.25) is 0 Å². The molecule has 1 fully saturated rings. The molecule has 1 unspecified atom stereocenters. The third kappa shape index (κ3) is 2.52. The summed E-state index contributed by atoms with van der Waals surface area (Å²) in [6, 6.07) is 0.263. The molecule has 1 aliphatic carbocycles. The summed E-state index contributed by atoms with van der Waals surface area (Å²) in [5, 5.41) is 6.74. The van der Waals surface area contributed by atoms with Crippen molar-refractivity contribution in [3.05, 3.63) is 4.88 Å². The van der Waals surface area contributed by atoms with Gasteiger partial charge in [-0.15, -0.1) is 0 Å². The van der Waals surface area contributed by atoms with Crippen molar-refractivity contribution in [2.75, 3.05) is 17.6 Å². The Morgan fingerprint density at radius 2 is 2.29 bits per heavy atom. The van der Waals surface area contributed by atoms with Crippen LogP contribution in [0.3, 0.4) is 0 Å². The molecule has 4 N–H and O–H groups in total. The van der Waals surface area contributed by atoms with E-state index in [-0.39, 0.29) is 17.4 Å². The van der Waals surface area contributed by atoms with Gasteiger partial charge in [0.05, 0.1) is 0 Å². The van der Waals surface area contributed by atoms with Crippen molar-refractivity contribution < 1.29 is 4.79 Å². The van der Waals surface area contributed by atoms with Crippen LogP contribution in [0.25, 0.3) is 0 Å². The molecule has 94 valence electrons. The van der Waals surface area contributed by atoms with Crippen LogP contribution in [0.1, 0.15) is 36.9 Å². The fourth-order valence-electron chi connectivity index (χ4n) is 1.66. The molecule has 1 amide bonds. The van der Waals surface area contributed by atoms with Gasteiger partial charge in [0.25, 0.3) is 5.91 Å². The van der Waals surface area contributed by atoms with Crippen molar-refractivity contribution >= 4 is 28.2 Å². The largest absolute Gasteiger partial charge is 0.382 e. The first-order valence-electron chi connectivity index (χ1n) is 5.75. The molecule has 17 heavy (non-hydrogen) atoms. The minimum Gasteiger partial charge on any atom is -0.382 e. The van der Waals surface area contributed by atoms with E-state index in [0.29, 0.717) is 15.8 Å². The van der Waals surface area contributed by atoms with E-state index in [4.69, 9.17) is 5.73 Å². The lowest BCUT2D eigenvalue weighted by atomic mass is 10.2. The number of thiazole rings is 1. The molecule has 1 aromatic rings. The molecule has 0 spiro atoms. The first-order chi connectivity index (χ1) is 7.94. The average Bonchev–Trinajstić information content (AvgIpc) is 2.67.